The van der Waals surface area contributed by atoms with Gasteiger partial charge in [0.1, 0.15) is 5.75 Å². The molecule has 0 radical (unpaired) electrons. The summed E-state index contributed by atoms with van der Waals surface area (Å²) in [5.74, 6) is 2.41. The highest BCUT2D eigenvalue weighted by Crippen LogP contribution is 2.40. The van der Waals surface area contributed by atoms with Gasteiger partial charge in [0.2, 0.25) is 0 Å². The summed E-state index contributed by atoms with van der Waals surface area (Å²) in [6, 6.07) is 22.7. The van der Waals surface area contributed by atoms with Gasteiger partial charge >= 0.3 is 0 Å². The number of benzene rings is 4. The van der Waals surface area contributed by atoms with E-state index in [1.54, 1.807) is 55.4 Å². The molecule has 0 aromatic heterocycles. The zero-order valence-electron chi connectivity index (χ0n) is 33.0. The summed E-state index contributed by atoms with van der Waals surface area (Å²) in [4.78, 5) is 35.9. The van der Waals surface area contributed by atoms with Gasteiger partial charge in [-0.25, -0.2) is 0 Å². The second-order valence-corrected chi connectivity index (χ2v) is 14.0. The normalized spacial score (nSPS) is 16.9. The van der Waals surface area contributed by atoms with Crippen LogP contribution < -0.4 is 29.0 Å². The molecule has 3 aliphatic heterocycles. The third-order valence-corrected chi connectivity index (χ3v) is 10.4. The zero-order valence-corrected chi connectivity index (χ0v) is 33.0. The molecule has 57 heavy (non-hydrogen) atoms. The lowest BCUT2D eigenvalue weighted by Crippen LogP contribution is -2.32. The summed E-state index contributed by atoms with van der Waals surface area (Å²) in [7, 11) is 4.74. The molecule has 3 aliphatic rings. The first kappa shape index (κ1) is 38.8. The molecule has 2 atom stereocenters. The van der Waals surface area contributed by atoms with Crippen LogP contribution in [0.25, 0.3) is 11.1 Å². The van der Waals surface area contributed by atoms with E-state index in [4.69, 9.17) is 28.7 Å². The van der Waals surface area contributed by atoms with Gasteiger partial charge in [0.15, 0.2) is 23.0 Å². The van der Waals surface area contributed by atoms with E-state index >= 15 is 0 Å². The lowest BCUT2D eigenvalue weighted by atomic mass is 10.0. The molecule has 2 amide bonds. The van der Waals surface area contributed by atoms with Crippen molar-refractivity contribution >= 4 is 40.5 Å². The first-order valence-electron chi connectivity index (χ1n) is 19.1. The van der Waals surface area contributed by atoms with E-state index in [2.05, 4.69) is 43.1 Å². The number of carbonyl (C=O) groups excluding carboxylic acids is 2. The fourth-order valence-electron chi connectivity index (χ4n) is 7.35. The van der Waals surface area contributed by atoms with E-state index < -0.39 is 0 Å². The van der Waals surface area contributed by atoms with Gasteiger partial charge in [0.05, 0.1) is 57.9 Å². The summed E-state index contributed by atoms with van der Waals surface area (Å²) in [6.45, 7) is 9.44. The molecule has 1 N–H and O–H groups in total. The first-order chi connectivity index (χ1) is 27.7. The van der Waals surface area contributed by atoms with Crippen molar-refractivity contribution in [3.63, 3.8) is 0 Å². The van der Waals surface area contributed by atoms with Crippen molar-refractivity contribution in [2.45, 2.75) is 45.2 Å². The average Bonchev–Trinajstić information content (AvgIpc) is 3.85. The molecule has 11 nitrogen and oxygen atoms in total. The third kappa shape index (κ3) is 8.09. The lowest BCUT2D eigenvalue weighted by molar-refractivity contribution is 0.0801. The highest BCUT2D eigenvalue weighted by molar-refractivity contribution is 6.05. The molecule has 0 aliphatic carbocycles. The summed E-state index contributed by atoms with van der Waals surface area (Å²) < 4.78 is 28.9. The summed E-state index contributed by atoms with van der Waals surface area (Å²) >= 11 is 0. The standard InChI is InChI=1S/C46H48N4O7/c1-7-35-21-32(31-12-16-37(53-4)17-13-31)27-49(35)45(51)38-23-41(54-5)43(20-29(38)3)56-18-9-19-57-44-25-40-39(24-42(44)55-6)46(52)50-28-33(22-36(50)26-48-40)30-10-14-34(15-11-30)47-8-2/h7,10-17,20,23-28,35-36,47H,1,8-9,18-19,21-22H2,2-6H3/t35?,36-/m1/s1. The molecule has 0 bridgehead atoms. The number of hydrogen-bond donors (Lipinski definition) is 1. The number of amides is 2. The van der Waals surface area contributed by atoms with Crippen LogP contribution in [0.2, 0.25) is 0 Å². The Kier molecular flexibility index (Phi) is 11.6. The summed E-state index contributed by atoms with van der Waals surface area (Å²) in [5.41, 5.74) is 7.55. The van der Waals surface area contributed by atoms with E-state index in [0.717, 1.165) is 45.8 Å². The molecular weight excluding hydrogens is 721 g/mol. The molecule has 0 saturated heterocycles. The molecule has 294 valence electrons. The second-order valence-electron chi connectivity index (χ2n) is 14.0. The van der Waals surface area contributed by atoms with Gasteiger partial charge < -0.3 is 38.8 Å². The van der Waals surface area contributed by atoms with Crippen LogP contribution in [0.5, 0.6) is 28.7 Å². The van der Waals surface area contributed by atoms with E-state index in [9.17, 15) is 9.59 Å². The highest BCUT2D eigenvalue weighted by Gasteiger charge is 2.34. The molecule has 3 heterocycles. The maximum atomic E-state index is 13.9. The van der Waals surface area contributed by atoms with Crippen LogP contribution >= 0.6 is 0 Å². The average molecular weight is 769 g/mol. The quantitative estimate of drug-likeness (QED) is 0.0945. The molecule has 4 aromatic carbocycles. The number of hydrogen-bond acceptors (Lipinski definition) is 9. The minimum atomic E-state index is -0.187. The maximum absolute atomic E-state index is 13.9. The van der Waals surface area contributed by atoms with Gasteiger partial charge in [-0.3, -0.25) is 14.6 Å². The number of rotatable bonds is 15. The van der Waals surface area contributed by atoms with Crippen LogP contribution in [0.15, 0.2) is 103 Å². The number of aliphatic imine (C=N–C) groups is 1. The first-order valence-corrected chi connectivity index (χ1v) is 19.1. The number of nitrogens with zero attached hydrogens (tertiary/aromatic N) is 3. The monoisotopic (exact) mass is 768 g/mol. The van der Waals surface area contributed by atoms with Gasteiger partial charge in [-0.15, -0.1) is 6.58 Å². The van der Waals surface area contributed by atoms with Gasteiger partial charge in [-0.2, -0.15) is 0 Å². The Morgan fingerprint density at radius 2 is 1.49 bits per heavy atom. The Bertz CT molecular complexity index is 2240. The van der Waals surface area contributed by atoms with E-state index in [1.165, 1.54) is 0 Å². The topological polar surface area (TPSA) is 111 Å². The summed E-state index contributed by atoms with van der Waals surface area (Å²) in [6.07, 6.45) is 9.33. The number of ether oxygens (including phenoxy) is 5. The van der Waals surface area contributed by atoms with Crippen LogP contribution in [-0.4, -0.2) is 81.0 Å². The molecule has 0 spiro atoms. The predicted octanol–water partition coefficient (Wildman–Crippen LogP) is 8.71. The van der Waals surface area contributed by atoms with Crippen molar-refractivity contribution in [3.05, 3.63) is 126 Å². The smallest absolute Gasteiger partial charge is 0.260 e. The van der Waals surface area contributed by atoms with Crippen LogP contribution in [0.4, 0.5) is 11.4 Å². The second kappa shape index (κ2) is 17.1. The third-order valence-electron chi connectivity index (χ3n) is 10.4. The number of methoxy groups -OCH3 is 3. The van der Waals surface area contributed by atoms with E-state index in [-0.39, 0.29) is 23.9 Å². The van der Waals surface area contributed by atoms with E-state index in [1.807, 2.05) is 55.9 Å². The van der Waals surface area contributed by atoms with Crippen molar-refractivity contribution in [1.82, 2.24) is 9.80 Å². The predicted molar refractivity (Wildman–Crippen MR) is 223 cm³/mol. The number of fused-ring (bicyclic) bond motifs is 2. The van der Waals surface area contributed by atoms with Crippen LogP contribution in [-0.2, 0) is 0 Å². The van der Waals surface area contributed by atoms with Gasteiger partial charge in [0.25, 0.3) is 11.8 Å². The number of aryl methyl sites for hydroxylation is 1. The number of carbonyl (C=O) groups is 2. The van der Waals surface area contributed by atoms with Crippen molar-refractivity contribution in [2.24, 2.45) is 4.99 Å². The molecule has 4 aromatic rings. The van der Waals surface area contributed by atoms with Crippen LogP contribution in [0.3, 0.4) is 0 Å². The Morgan fingerprint density at radius 3 is 2.14 bits per heavy atom. The van der Waals surface area contributed by atoms with Crippen molar-refractivity contribution in [2.75, 3.05) is 46.4 Å². The largest absolute Gasteiger partial charge is 0.497 e. The Morgan fingerprint density at radius 1 is 0.842 bits per heavy atom. The number of anilines is 1. The molecule has 0 saturated carbocycles. The van der Waals surface area contributed by atoms with Crippen LogP contribution in [0.1, 0.15) is 63.6 Å². The zero-order chi connectivity index (χ0) is 40.1. The fraction of sp³-hybridized carbons (Fsp3) is 0.283. The lowest BCUT2D eigenvalue weighted by Gasteiger charge is -2.22. The molecule has 0 fully saturated rings. The maximum Gasteiger partial charge on any atom is 0.260 e. The molecule has 7 rings (SSSR count). The van der Waals surface area contributed by atoms with Crippen molar-refractivity contribution in [1.29, 1.82) is 0 Å². The van der Waals surface area contributed by atoms with Crippen LogP contribution in [0, 0.1) is 6.92 Å². The fourth-order valence-corrected chi connectivity index (χ4v) is 7.35. The van der Waals surface area contributed by atoms with Gasteiger partial charge in [0, 0.05) is 55.3 Å². The van der Waals surface area contributed by atoms with Gasteiger partial charge in [-0.1, -0.05) is 30.3 Å². The SMILES string of the molecule is C=CC1CC(c2ccc(OC)cc2)=CN1C(=O)c1cc(OC)c(OCCCOc2cc3c(cc2OC)C(=O)N2C=C(c4ccc(NCC)cc4)C[C@@H]2C=N3)cc1C. The summed E-state index contributed by atoms with van der Waals surface area (Å²) in [5, 5.41) is 3.32. The van der Waals surface area contributed by atoms with Crippen molar-refractivity contribution in [3.8, 4) is 28.7 Å². The van der Waals surface area contributed by atoms with Crippen molar-refractivity contribution < 1.29 is 33.3 Å². The molecule has 1 unspecified atom stereocenters. The highest BCUT2D eigenvalue weighted by atomic mass is 16.5. The Labute approximate surface area is 333 Å². The number of nitrogens with one attached hydrogen (secondary N) is 1. The minimum Gasteiger partial charge on any atom is -0.497 e. The van der Waals surface area contributed by atoms with E-state index in [0.29, 0.717) is 72.3 Å². The molecular formula is C46H48N4O7. The Balaban J connectivity index is 0.975. The molecule has 11 heteroatoms. The minimum absolute atomic E-state index is 0.141. The Hall–Kier alpha value is -6.49. The van der Waals surface area contributed by atoms with Gasteiger partial charge in [-0.05, 0) is 90.6 Å².